The highest BCUT2D eigenvalue weighted by Gasteiger charge is 2.35. The fourth-order valence-corrected chi connectivity index (χ4v) is 3.84. The molecule has 12 heteroatoms. The molecule has 1 aromatic carbocycles. The average molecular weight is 464 g/mol. The van der Waals surface area contributed by atoms with Crippen LogP contribution in [0, 0.1) is 11.6 Å². The number of amides is 1. The Morgan fingerprint density at radius 2 is 1.76 bits per heavy atom. The number of nitrogens with zero attached hydrogens (tertiary/aromatic N) is 6. The van der Waals surface area contributed by atoms with E-state index in [4.69, 9.17) is 9.47 Å². The molecule has 0 aliphatic carbocycles. The Bertz CT molecular complexity index is 995. The number of ether oxygens (including phenoxy) is 2. The van der Waals surface area contributed by atoms with Crippen LogP contribution in [0.2, 0.25) is 0 Å². The van der Waals surface area contributed by atoms with Gasteiger partial charge in [0.05, 0.1) is 19.0 Å². The van der Waals surface area contributed by atoms with E-state index in [2.05, 4.69) is 10.3 Å². The van der Waals surface area contributed by atoms with Crippen LogP contribution in [0.5, 0.6) is 0 Å². The van der Waals surface area contributed by atoms with E-state index < -0.39 is 35.5 Å². The molecule has 1 atom stereocenters. The van der Waals surface area contributed by atoms with Gasteiger partial charge in [0.15, 0.2) is 11.6 Å². The Morgan fingerprint density at radius 1 is 1.09 bits per heavy atom. The van der Waals surface area contributed by atoms with E-state index in [1.807, 2.05) is 0 Å². The molecular formula is C21H26F2N6O4. The van der Waals surface area contributed by atoms with Crippen molar-refractivity contribution in [1.29, 1.82) is 0 Å². The molecule has 1 amide bonds. The van der Waals surface area contributed by atoms with Crippen molar-refractivity contribution in [2.24, 2.45) is 0 Å². The maximum Gasteiger partial charge on any atom is 0.410 e. The minimum absolute atomic E-state index is 0.165. The van der Waals surface area contributed by atoms with Crippen molar-refractivity contribution in [2.45, 2.75) is 32.6 Å². The molecule has 3 heterocycles. The number of benzene rings is 1. The largest absolute Gasteiger partial charge is 0.444 e. The quantitative estimate of drug-likeness (QED) is 0.682. The predicted molar refractivity (Wildman–Crippen MR) is 114 cm³/mol. The second kappa shape index (κ2) is 8.93. The molecule has 2 saturated heterocycles. The van der Waals surface area contributed by atoms with Gasteiger partial charge in [0, 0.05) is 38.4 Å². The van der Waals surface area contributed by atoms with Crippen LogP contribution >= 0.6 is 0 Å². The molecule has 0 saturated carbocycles. The number of aromatic nitrogens is 3. The van der Waals surface area contributed by atoms with Crippen LogP contribution in [0.1, 0.15) is 25.6 Å². The van der Waals surface area contributed by atoms with Crippen molar-refractivity contribution >= 4 is 23.4 Å². The molecule has 0 bridgehead atoms. The van der Waals surface area contributed by atoms with Gasteiger partial charge >= 0.3 is 6.09 Å². The zero-order chi connectivity index (χ0) is 23.8. The zero-order valence-corrected chi connectivity index (χ0v) is 18.7. The van der Waals surface area contributed by atoms with E-state index in [9.17, 15) is 9.59 Å². The number of halogens is 2. The van der Waals surface area contributed by atoms with E-state index in [1.165, 1.54) is 34.3 Å². The van der Waals surface area contributed by atoms with Gasteiger partial charge < -0.3 is 24.2 Å². The number of rotatable bonds is 3. The monoisotopic (exact) mass is 464 g/mol. The summed E-state index contributed by atoms with van der Waals surface area (Å²) in [6.07, 6.45) is 1.22. The Balaban J connectivity index is 1.47. The molecular weight excluding hydrogens is 438 g/mol. The van der Waals surface area contributed by atoms with Crippen molar-refractivity contribution < 1.29 is 27.8 Å². The summed E-state index contributed by atoms with van der Waals surface area (Å²) in [6.45, 7) is 6.93. The van der Waals surface area contributed by atoms with Gasteiger partial charge in [-0.2, -0.15) is 4.68 Å². The Morgan fingerprint density at radius 3 is 2.33 bits per heavy atom. The standard InChI is InChI=1S/C21H26F2N6O4/c1-21(2,3)33-20(31)27-8-6-26(7-9-27)17-15(22)12-14(13-16(17)23)28-10-11-32-19(28)18(30)29-5-4-24-25-29/h4-5,12-13,19H,6-11H2,1-3H3. The molecule has 2 aromatic rings. The predicted octanol–water partition coefficient (Wildman–Crippen LogP) is 2.12. The maximum absolute atomic E-state index is 15.1. The second-order valence-electron chi connectivity index (χ2n) is 8.81. The van der Waals surface area contributed by atoms with Crippen molar-refractivity contribution in [2.75, 3.05) is 49.1 Å². The van der Waals surface area contributed by atoms with Gasteiger partial charge in [-0.1, -0.05) is 5.21 Å². The minimum Gasteiger partial charge on any atom is -0.444 e. The molecule has 33 heavy (non-hydrogen) atoms. The number of hydrogen-bond acceptors (Lipinski definition) is 8. The molecule has 0 radical (unpaired) electrons. The first-order chi connectivity index (χ1) is 15.6. The number of carbonyl (C=O) groups is 2. The normalized spacial score (nSPS) is 19.2. The van der Waals surface area contributed by atoms with E-state index >= 15 is 8.78 Å². The summed E-state index contributed by atoms with van der Waals surface area (Å²) in [5.41, 5.74) is -0.590. The molecule has 0 N–H and O–H groups in total. The number of carbonyl (C=O) groups excluding carboxylic acids is 2. The van der Waals surface area contributed by atoms with Crippen LogP contribution in [-0.4, -0.2) is 83.1 Å². The fourth-order valence-electron chi connectivity index (χ4n) is 3.84. The lowest BCUT2D eigenvalue weighted by Gasteiger charge is -2.37. The summed E-state index contributed by atoms with van der Waals surface area (Å²) in [6, 6.07) is 2.38. The van der Waals surface area contributed by atoms with Crippen LogP contribution in [0.4, 0.5) is 25.0 Å². The highest BCUT2D eigenvalue weighted by atomic mass is 19.1. The van der Waals surface area contributed by atoms with Crippen LogP contribution < -0.4 is 9.80 Å². The lowest BCUT2D eigenvalue weighted by Crippen LogP contribution is -2.50. The van der Waals surface area contributed by atoms with Gasteiger partial charge in [0.2, 0.25) is 6.23 Å². The number of piperazine rings is 1. The Kier molecular flexibility index (Phi) is 6.19. The average Bonchev–Trinajstić information content (AvgIpc) is 3.44. The molecule has 0 spiro atoms. The molecule has 10 nitrogen and oxygen atoms in total. The number of hydrogen-bond donors (Lipinski definition) is 0. The minimum atomic E-state index is -1.06. The third-order valence-corrected chi connectivity index (χ3v) is 5.33. The highest BCUT2D eigenvalue weighted by Crippen LogP contribution is 2.32. The summed E-state index contributed by atoms with van der Waals surface area (Å²) in [5, 5.41) is 7.25. The van der Waals surface area contributed by atoms with Crippen molar-refractivity contribution in [3.63, 3.8) is 0 Å². The lowest BCUT2D eigenvalue weighted by atomic mass is 10.2. The Labute approximate surface area is 189 Å². The van der Waals surface area contributed by atoms with E-state index in [-0.39, 0.29) is 50.7 Å². The van der Waals surface area contributed by atoms with Gasteiger partial charge in [-0.05, 0) is 32.9 Å². The number of anilines is 2. The molecule has 4 rings (SSSR count). The SMILES string of the molecule is CC(C)(C)OC(=O)N1CCN(c2c(F)cc(N3CCOC3C(=O)n3ccnn3)cc2F)CC1. The Hall–Kier alpha value is -3.28. The summed E-state index contributed by atoms with van der Waals surface area (Å²) >= 11 is 0. The molecule has 2 aliphatic rings. The van der Waals surface area contributed by atoms with Gasteiger partial charge in [-0.15, -0.1) is 5.10 Å². The van der Waals surface area contributed by atoms with Gasteiger partial charge in [0.25, 0.3) is 5.91 Å². The topological polar surface area (TPSA) is 93.0 Å². The third kappa shape index (κ3) is 4.90. The molecule has 178 valence electrons. The fraction of sp³-hybridized carbons (Fsp3) is 0.524. The molecule has 2 fully saturated rings. The summed E-state index contributed by atoms with van der Waals surface area (Å²) < 4.78 is 42.0. The van der Waals surface area contributed by atoms with Crippen molar-refractivity contribution in [3.8, 4) is 0 Å². The van der Waals surface area contributed by atoms with Gasteiger partial charge in [-0.25, -0.2) is 13.6 Å². The van der Waals surface area contributed by atoms with Crippen molar-refractivity contribution in [3.05, 3.63) is 36.2 Å². The van der Waals surface area contributed by atoms with E-state index in [0.29, 0.717) is 0 Å². The first-order valence-corrected chi connectivity index (χ1v) is 10.6. The lowest BCUT2D eigenvalue weighted by molar-refractivity contribution is 0.0240. The molecule has 2 aliphatic heterocycles. The highest BCUT2D eigenvalue weighted by molar-refractivity contribution is 5.85. The van der Waals surface area contributed by atoms with Crippen LogP contribution in [0.25, 0.3) is 0 Å². The van der Waals surface area contributed by atoms with E-state index in [1.54, 1.807) is 25.7 Å². The van der Waals surface area contributed by atoms with E-state index in [0.717, 1.165) is 4.68 Å². The molecule has 1 unspecified atom stereocenters. The second-order valence-corrected chi connectivity index (χ2v) is 8.81. The smallest absolute Gasteiger partial charge is 0.410 e. The summed E-state index contributed by atoms with van der Waals surface area (Å²) in [4.78, 5) is 29.4. The first-order valence-electron chi connectivity index (χ1n) is 10.6. The van der Waals surface area contributed by atoms with Crippen LogP contribution in [-0.2, 0) is 9.47 Å². The maximum atomic E-state index is 15.1. The van der Waals surface area contributed by atoms with Gasteiger partial charge in [-0.3, -0.25) is 4.79 Å². The first kappa shape index (κ1) is 22.9. The van der Waals surface area contributed by atoms with Crippen LogP contribution in [0.3, 0.4) is 0 Å². The zero-order valence-electron chi connectivity index (χ0n) is 18.7. The van der Waals surface area contributed by atoms with Gasteiger partial charge in [0.1, 0.15) is 11.3 Å². The molecule has 1 aromatic heterocycles. The summed E-state index contributed by atoms with van der Waals surface area (Å²) in [7, 11) is 0. The van der Waals surface area contributed by atoms with Crippen molar-refractivity contribution in [1.82, 2.24) is 19.9 Å². The summed E-state index contributed by atoms with van der Waals surface area (Å²) in [5.74, 6) is -2.02. The third-order valence-electron chi connectivity index (χ3n) is 5.33. The van der Waals surface area contributed by atoms with Crippen LogP contribution in [0.15, 0.2) is 24.5 Å².